The predicted molar refractivity (Wildman–Crippen MR) is 62.0 cm³/mol. The van der Waals surface area contributed by atoms with E-state index in [-0.39, 0.29) is 0 Å². The highest BCUT2D eigenvalue weighted by Crippen LogP contribution is 2.31. The van der Waals surface area contributed by atoms with Gasteiger partial charge in [0, 0.05) is 37.8 Å². The third-order valence-corrected chi connectivity index (χ3v) is 4.44. The van der Waals surface area contributed by atoms with Gasteiger partial charge in [0.1, 0.15) is 0 Å². The van der Waals surface area contributed by atoms with Gasteiger partial charge in [0.15, 0.2) is 0 Å². The number of rotatable bonds is 3. The number of nitrogens with one attached hydrogen (secondary N) is 1. The predicted octanol–water partition coefficient (Wildman–Crippen LogP) is 0.517. The molecule has 3 heteroatoms. The molecule has 86 valence electrons. The number of likely N-dealkylation sites (tertiary alicyclic amines) is 1. The van der Waals surface area contributed by atoms with Gasteiger partial charge in [-0.2, -0.15) is 0 Å². The lowest BCUT2D eigenvalue weighted by molar-refractivity contribution is 0.179. The van der Waals surface area contributed by atoms with Crippen molar-refractivity contribution in [1.29, 1.82) is 0 Å². The summed E-state index contributed by atoms with van der Waals surface area (Å²) in [5.74, 6) is 0. The molecule has 1 saturated carbocycles. The lowest BCUT2D eigenvalue weighted by atomic mass is 10.1. The van der Waals surface area contributed by atoms with Crippen molar-refractivity contribution in [2.45, 2.75) is 43.8 Å². The van der Waals surface area contributed by atoms with Crippen LogP contribution < -0.4 is 5.32 Å². The maximum Gasteiger partial charge on any atom is 0.0235 e. The second-order valence-corrected chi connectivity index (χ2v) is 5.48. The van der Waals surface area contributed by atoms with E-state index in [9.17, 15) is 0 Å². The van der Waals surface area contributed by atoms with Crippen LogP contribution in [0.3, 0.4) is 0 Å². The van der Waals surface area contributed by atoms with Gasteiger partial charge in [0.05, 0.1) is 0 Å². The highest BCUT2D eigenvalue weighted by molar-refractivity contribution is 4.94. The van der Waals surface area contributed by atoms with Gasteiger partial charge in [-0.3, -0.25) is 9.80 Å². The Morgan fingerprint density at radius 3 is 2.67 bits per heavy atom. The summed E-state index contributed by atoms with van der Waals surface area (Å²) in [5.41, 5.74) is 0. The fourth-order valence-electron chi connectivity index (χ4n) is 3.16. The number of hydrogen-bond donors (Lipinski definition) is 1. The molecule has 2 unspecified atom stereocenters. The van der Waals surface area contributed by atoms with Crippen molar-refractivity contribution in [2.75, 3.05) is 33.2 Å². The third-order valence-electron chi connectivity index (χ3n) is 4.44. The Kier molecular flexibility index (Phi) is 2.71. The van der Waals surface area contributed by atoms with E-state index in [2.05, 4.69) is 22.2 Å². The van der Waals surface area contributed by atoms with Crippen molar-refractivity contribution in [3.05, 3.63) is 0 Å². The molecule has 0 bridgehead atoms. The van der Waals surface area contributed by atoms with Crippen LogP contribution in [0.4, 0.5) is 0 Å². The highest BCUT2D eigenvalue weighted by atomic mass is 15.3. The molecule has 15 heavy (non-hydrogen) atoms. The molecule has 0 amide bonds. The first-order valence-electron chi connectivity index (χ1n) is 6.51. The van der Waals surface area contributed by atoms with E-state index in [4.69, 9.17) is 0 Å². The molecule has 2 atom stereocenters. The molecule has 2 heterocycles. The third kappa shape index (κ3) is 2.05. The van der Waals surface area contributed by atoms with E-state index < -0.39 is 0 Å². The summed E-state index contributed by atoms with van der Waals surface area (Å²) < 4.78 is 0. The molecule has 0 aromatic rings. The molecule has 3 aliphatic rings. The first-order valence-corrected chi connectivity index (χ1v) is 6.51. The van der Waals surface area contributed by atoms with Gasteiger partial charge in [-0.1, -0.05) is 0 Å². The zero-order valence-corrected chi connectivity index (χ0v) is 9.78. The second-order valence-electron chi connectivity index (χ2n) is 5.48. The average Bonchev–Trinajstić information content (AvgIpc) is 2.83. The van der Waals surface area contributed by atoms with Gasteiger partial charge in [-0.05, 0) is 39.3 Å². The van der Waals surface area contributed by atoms with E-state index in [0.29, 0.717) is 0 Å². The molecule has 0 aromatic carbocycles. The van der Waals surface area contributed by atoms with E-state index in [0.717, 1.165) is 18.1 Å². The summed E-state index contributed by atoms with van der Waals surface area (Å²) in [7, 11) is 2.33. The van der Waals surface area contributed by atoms with Gasteiger partial charge >= 0.3 is 0 Å². The molecule has 1 N–H and O–H groups in total. The Morgan fingerprint density at radius 1 is 1.13 bits per heavy atom. The smallest absolute Gasteiger partial charge is 0.0235 e. The standard InChI is InChI=1S/C12H23N3/c1-14(11-4-6-13-8-11)12-5-7-15(9-12)10-2-3-10/h10-13H,2-9H2,1H3. The van der Waals surface area contributed by atoms with Crippen molar-refractivity contribution < 1.29 is 0 Å². The summed E-state index contributed by atoms with van der Waals surface area (Å²) in [5, 5.41) is 3.47. The van der Waals surface area contributed by atoms with Crippen LogP contribution in [0.2, 0.25) is 0 Å². The van der Waals surface area contributed by atoms with E-state index in [1.54, 1.807) is 0 Å². The maximum atomic E-state index is 3.47. The monoisotopic (exact) mass is 209 g/mol. The van der Waals surface area contributed by atoms with Crippen molar-refractivity contribution >= 4 is 0 Å². The molecular formula is C12H23N3. The van der Waals surface area contributed by atoms with Crippen molar-refractivity contribution in [1.82, 2.24) is 15.1 Å². The molecule has 0 spiro atoms. The molecule has 3 fully saturated rings. The quantitative estimate of drug-likeness (QED) is 0.731. The van der Waals surface area contributed by atoms with Crippen LogP contribution in [0, 0.1) is 0 Å². The average molecular weight is 209 g/mol. The SMILES string of the molecule is CN(C1CCNC1)C1CCN(C2CC2)C1. The van der Waals surface area contributed by atoms with Gasteiger partial charge in [-0.15, -0.1) is 0 Å². The zero-order chi connectivity index (χ0) is 10.3. The van der Waals surface area contributed by atoms with Gasteiger partial charge in [0.25, 0.3) is 0 Å². The van der Waals surface area contributed by atoms with E-state index in [1.165, 1.54) is 51.9 Å². The summed E-state index contributed by atoms with van der Waals surface area (Å²) in [6.45, 7) is 5.10. The minimum atomic E-state index is 0.800. The number of nitrogens with zero attached hydrogens (tertiary/aromatic N) is 2. The van der Waals surface area contributed by atoms with Crippen LogP contribution in [-0.4, -0.2) is 61.2 Å². The second kappa shape index (κ2) is 4.04. The summed E-state index contributed by atoms with van der Waals surface area (Å²) in [6.07, 6.45) is 5.66. The van der Waals surface area contributed by atoms with Crippen molar-refractivity contribution in [3.8, 4) is 0 Å². The first kappa shape index (κ1) is 10.1. The molecule has 2 aliphatic heterocycles. The Labute approximate surface area is 92.8 Å². The minimum absolute atomic E-state index is 0.800. The van der Waals surface area contributed by atoms with Crippen LogP contribution in [0.5, 0.6) is 0 Å². The topological polar surface area (TPSA) is 18.5 Å². The molecular weight excluding hydrogens is 186 g/mol. The van der Waals surface area contributed by atoms with Crippen LogP contribution in [-0.2, 0) is 0 Å². The maximum absolute atomic E-state index is 3.47. The number of likely N-dealkylation sites (N-methyl/N-ethyl adjacent to an activating group) is 1. The summed E-state index contributed by atoms with van der Waals surface area (Å²) in [4.78, 5) is 5.35. The molecule has 2 saturated heterocycles. The normalized spacial score (nSPS) is 38.0. The summed E-state index contributed by atoms with van der Waals surface area (Å²) >= 11 is 0. The Morgan fingerprint density at radius 2 is 2.00 bits per heavy atom. The fraction of sp³-hybridized carbons (Fsp3) is 1.00. The Balaban J connectivity index is 1.53. The molecule has 0 radical (unpaired) electrons. The fourth-order valence-corrected chi connectivity index (χ4v) is 3.16. The van der Waals surface area contributed by atoms with Crippen LogP contribution in [0.15, 0.2) is 0 Å². The molecule has 3 nitrogen and oxygen atoms in total. The van der Waals surface area contributed by atoms with Crippen molar-refractivity contribution in [3.63, 3.8) is 0 Å². The van der Waals surface area contributed by atoms with Gasteiger partial charge in [-0.25, -0.2) is 0 Å². The highest BCUT2D eigenvalue weighted by Gasteiger charge is 2.37. The van der Waals surface area contributed by atoms with Crippen LogP contribution >= 0.6 is 0 Å². The van der Waals surface area contributed by atoms with E-state index in [1.807, 2.05) is 0 Å². The lowest BCUT2D eigenvalue weighted by Gasteiger charge is -2.30. The molecule has 1 aliphatic carbocycles. The minimum Gasteiger partial charge on any atom is -0.315 e. The first-order chi connectivity index (χ1) is 7.34. The van der Waals surface area contributed by atoms with Crippen molar-refractivity contribution in [2.24, 2.45) is 0 Å². The Hall–Kier alpha value is -0.120. The Bertz CT molecular complexity index is 221. The van der Waals surface area contributed by atoms with Crippen LogP contribution in [0.1, 0.15) is 25.7 Å². The van der Waals surface area contributed by atoms with E-state index >= 15 is 0 Å². The number of hydrogen-bond acceptors (Lipinski definition) is 3. The summed E-state index contributed by atoms with van der Waals surface area (Å²) in [6, 6.07) is 2.59. The molecule has 3 rings (SSSR count). The lowest BCUT2D eigenvalue weighted by Crippen LogP contribution is -2.43. The largest absolute Gasteiger partial charge is 0.315 e. The van der Waals surface area contributed by atoms with Gasteiger partial charge in [0.2, 0.25) is 0 Å². The van der Waals surface area contributed by atoms with Crippen LogP contribution in [0.25, 0.3) is 0 Å². The molecule has 0 aromatic heterocycles. The van der Waals surface area contributed by atoms with Gasteiger partial charge < -0.3 is 5.32 Å². The zero-order valence-electron chi connectivity index (χ0n) is 9.78.